The van der Waals surface area contributed by atoms with E-state index in [1.165, 1.54) is 0 Å². The zero-order chi connectivity index (χ0) is 12.0. The summed E-state index contributed by atoms with van der Waals surface area (Å²) in [5.74, 6) is -0.0614. The normalized spacial score (nSPS) is 10.1. The Bertz CT molecular complexity index is 369. The molecule has 5 heteroatoms. The molecule has 0 radical (unpaired) electrons. The highest BCUT2D eigenvalue weighted by molar-refractivity contribution is 9.10. The van der Waals surface area contributed by atoms with E-state index in [-0.39, 0.29) is 11.7 Å². The van der Waals surface area contributed by atoms with Crippen molar-refractivity contribution in [2.75, 3.05) is 18.4 Å². The summed E-state index contributed by atoms with van der Waals surface area (Å²) in [5, 5.41) is 15.4. The fraction of sp³-hybridized carbons (Fsp3) is 0.364. The molecule has 88 valence electrons. The van der Waals surface area contributed by atoms with Crippen molar-refractivity contribution in [2.45, 2.75) is 13.3 Å². The molecule has 0 saturated heterocycles. The van der Waals surface area contributed by atoms with E-state index in [2.05, 4.69) is 26.6 Å². The lowest BCUT2D eigenvalue weighted by atomic mass is 10.3. The van der Waals surface area contributed by atoms with Gasteiger partial charge in [-0.15, -0.1) is 0 Å². The number of anilines is 1. The van der Waals surface area contributed by atoms with Crippen LogP contribution < -0.4 is 10.6 Å². The van der Waals surface area contributed by atoms with E-state index in [0.717, 1.165) is 6.54 Å². The zero-order valence-corrected chi connectivity index (χ0v) is 10.7. The third-order valence-corrected chi connectivity index (χ3v) is 2.68. The van der Waals surface area contributed by atoms with Gasteiger partial charge in [-0.3, -0.25) is 4.79 Å². The molecule has 0 atom stereocenters. The first-order chi connectivity index (χ1) is 7.65. The molecule has 4 nitrogen and oxygen atoms in total. The van der Waals surface area contributed by atoms with Crippen LogP contribution in [0.25, 0.3) is 0 Å². The smallest absolute Gasteiger partial charge is 0.225 e. The maximum Gasteiger partial charge on any atom is 0.225 e. The van der Waals surface area contributed by atoms with Crippen LogP contribution in [0.3, 0.4) is 0 Å². The van der Waals surface area contributed by atoms with Crippen molar-refractivity contribution in [2.24, 2.45) is 0 Å². The summed E-state index contributed by atoms with van der Waals surface area (Å²) >= 11 is 3.19. The molecule has 0 bridgehead atoms. The van der Waals surface area contributed by atoms with E-state index >= 15 is 0 Å². The lowest BCUT2D eigenvalue weighted by Gasteiger charge is -2.08. The number of hydrogen-bond donors (Lipinski definition) is 3. The second kappa shape index (κ2) is 6.50. The minimum absolute atomic E-state index is 0.0549. The van der Waals surface area contributed by atoms with E-state index in [1.54, 1.807) is 18.2 Å². The Labute approximate surface area is 103 Å². The highest BCUT2D eigenvalue weighted by atomic mass is 79.9. The molecule has 1 aromatic carbocycles. The Morgan fingerprint density at radius 3 is 2.94 bits per heavy atom. The van der Waals surface area contributed by atoms with Crippen LogP contribution in [-0.2, 0) is 4.79 Å². The van der Waals surface area contributed by atoms with Gasteiger partial charge in [0, 0.05) is 13.0 Å². The van der Waals surface area contributed by atoms with Crippen molar-refractivity contribution in [3.05, 3.63) is 22.7 Å². The highest BCUT2D eigenvalue weighted by Crippen LogP contribution is 2.31. The zero-order valence-electron chi connectivity index (χ0n) is 9.09. The van der Waals surface area contributed by atoms with Gasteiger partial charge in [0.05, 0.1) is 10.2 Å². The molecule has 0 aliphatic carbocycles. The molecule has 1 rings (SSSR count). The second-order valence-corrected chi connectivity index (χ2v) is 4.14. The van der Waals surface area contributed by atoms with Crippen LogP contribution in [0, 0.1) is 0 Å². The molecule has 1 amide bonds. The summed E-state index contributed by atoms with van der Waals surface area (Å²) in [7, 11) is 0. The fourth-order valence-corrected chi connectivity index (χ4v) is 1.57. The minimum Gasteiger partial charge on any atom is -0.505 e. The Hall–Kier alpha value is -1.07. The number of benzene rings is 1. The van der Waals surface area contributed by atoms with Crippen LogP contribution in [0.4, 0.5) is 5.69 Å². The van der Waals surface area contributed by atoms with Crippen molar-refractivity contribution in [1.82, 2.24) is 5.32 Å². The summed E-state index contributed by atoms with van der Waals surface area (Å²) in [6.45, 7) is 3.46. The Kier molecular flexibility index (Phi) is 5.28. The summed E-state index contributed by atoms with van der Waals surface area (Å²) in [6, 6.07) is 5.12. The summed E-state index contributed by atoms with van der Waals surface area (Å²) in [6.07, 6.45) is 0.389. The SMILES string of the molecule is CCNCCC(=O)Nc1cccc(Br)c1O. The Balaban J connectivity index is 2.53. The molecule has 0 aliphatic heterocycles. The first kappa shape index (κ1) is 13.0. The largest absolute Gasteiger partial charge is 0.505 e. The van der Waals surface area contributed by atoms with Crippen LogP contribution in [-0.4, -0.2) is 24.1 Å². The fourth-order valence-electron chi connectivity index (χ4n) is 1.21. The number of carbonyl (C=O) groups excluding carboxylic acids is 1. The number of phenols is 1. The third kappa shape index (κ3) is 3.83. The predicted octanol–water partition coefficient (Wildman–Crippen LogP) is 2.09. The van der Waals surface area contributed by atoms with Gasteiger partial charge < -0.3 is 15.7 Å². The maximum absolute atomic E-state index is 11.5. The highest BCUT2D eigenvalue weighted by Gasteiger charge is 2.07. The molecule has 0 fully saturated rings. The summed E-state index contributed by atoms with van der Waals surface area (Å²) in [4.78, 5) is 11.5. The monoisotopic (exact) mass is 286 g/mol. The number of amides is 1. The average molecular weight is 287 g/mol. The molecular formula is C11H15BrN2O2. The Morgan fingerprint density at radius 1 is 1.50 bits per heavy atom. The Morgan fingerprint density at radius 2 is 2.25 bits per heavy atom. The lowest BCUT2D eigenvalue weighted by molar-refractivity contribution is -0.116. The number of para-hydroxylation sites is 1. The molecule has 1 aromatic rings. The van der Waals surface area contributed by atoms with Crippen molar-refractivity contribution < 1.29 is 9.90 Å². The molecule has 0 aliphatic rings. The van der Waals surface area contributed by atoms with Gasteiger partial charge in [0.2, 0.25) is 5.91 Å². The molecule has 0 saturated carbocycles. The van der Waals surface area contributed by atoms with Crippen molar-refractivity contribution >= 4 is 27.5 Å². The quantitative estimate of drug-likeness (QED) is 0.574. The number of hydrogen-bond acceptors (Lipinski definition) is 3. The average Bonchev–Trinajstić information content (AvgIpc) is 2.25. The first-order valence-electron chi connectivity index (χ1n) is 5.13. The number of aromatic hydroxyl groups is 1. The van der Waals surface area contributed by atoms with E-state index < -0.39 is 0 Å². The van der Waals surface area contributed by atoms with E-state index in [1.807, 2.05) is 6.92 Å². The van der Waals surface area contributed by atoms with Gasteiger partial charge in [-0.25, -0.2) is 0 Å². The van der Waals surface area contributed by atoms with Crippen LogP contribution in [0.1, 0.15) is 13.3 Å². The third-order valence-electron chi connectivity index (χ3n) is 2.04. The number of nitrogens with one attached hydrogen (secondary N) is 2. The summed E-state index contributed by atoms with van der Waals surface area (Å²) < 4.78 is 0.567. The van der Waals surface area contributed by atoms with Crippen LogP contribution in [0.15, 0.2) is 22.7 Å². The van der Waals surface area contributed by atoms with Crippen molar-refractivity contribution in [3.63, 3.8) is 0 Å². The molecule has 0 heterocycles. The molecular weight excluding hydrogens is 272 g/mol. The van der Waals surface area contributed by atoms with E-state index in [0.29, 0.717) is 23.1 Å². The minimum atomic E-state index is -0.116. The van der Waals surface area contributed by atoms with Crippen molar-refractivity contribution in [3.8, 4) is 5.75 Å². The number of halogens is 1. The number of phenolic OH excluding ortho intramolecular Hbond substituents is 1. The molecule has 16 heavy (non-hydrogen) atoms. The lowest BCUT2D eigenvalue weighted by Crippen LogP contribution is -2.21. The molecule has 0 spiro atoms. The van der Waals surface area contributed by atoms with Gasteiger partial charge >= 0.3 is 0 Å². The molecule has 0 unspecified atom stereocenters. The van der Waals surface area contributed by atoms with Gasteiger partial charge in [-0.2, -0.15) is 0 Å². The van der Waals surface area contributed by atoms with Gasteiger partial charge in [0.25, 0.3) is 0 Å². The molecule has 3 N–H and O–H groups in total. The second-order valence-electron chi connectivity index (χ2n) is 3.29. The van der Waals surface area contributed by atoms with Gasteiger partial charge in [0.15, 0.2) is 5.75 Å². The van der Waals surface area contributed by atoms with Gasteiger partial charge in [-0.05, 0) is 34.6 Å². The van der Waals surface area contributed by atoms with Crippen molar-refractivity contribution in [1.29, 1.82) is 0 Å². The van der Waals surface area contributed by atoms with Gasteiger partial charge in [0.1, 0.15) is 0 Å². The summed E-state index contributed by atoms with van der Waals surface area (Å²) in [5.41, 5.74) is 0.427. The van der Waals surface area contributed by atoms with E-state index in [4.69, 9.17) is 0 Å². The maximum atomic E-state index is 11.5. The topological polar surface area (TPSA) is 61.4 Å². The van der Waals surface area contributed by atoms with Crippen LogP contribution in [0.5, 0.6) is 5.75 Å². The van der Waals surface area contributed by atoms with E-state index in [9.17, 15) is 9.90 Å². The van der Waals surface area contributed by atoms with Gasteiger partial charge in [-0.1, -0.05) is 13.0 Å². The number of carbonyl (C=O) groups is 1. The van der Waals surface area contributed by atoms with Crippen LogP contribution >= 0.6 is 15.9 Å². The standard InChI is InChI=1S/C11H15BrN2O2/c1-2-13-7-6-10(15)14-9-5-3-4-8(12)11(9)16/h3-5,13,16H,2,6-7H2,1H3,(H,14,15). The van der Waals surface area contributed by atoms with Crippen LogP contribution in [0.2, 0.25) is 0 Å². The molecule has 0 aromatic heterocycles. The predicted molar refractivity (Wildman–Crippen MR) is 67.6 cm³/mol. The number of rotatable bonds is 5. The first-order valence-corrected chi connectivity index (χ1v) is 5.92.